The van der Waals surface area contributed by atoms with Crippen LogP contribution in [0.1, 0.15) is 10.8 Å². The first-order chi connectivity index (χ1) is 12.6. The Morgan fingerprint density at radius 2 is 1.88 bits per heavy atom. The number of nitrogens with two attached hydrogens (primary N) is 1. The number of primary amides is 1. The molecule has 0 fully saturated rings. The van der Waals surface area contributed by atoms with Crippen molar-refractivity contribution in [1.82, 2.24) is 14.8 Å². The number of carbonyl (C=O) groups is 1. The van der Waals surface area contributed by atoms with Crippen LogP contribution in [0.15, 0.2) is 72.4 Å². The maximum Gasteiger partial charge on any atom is 0.235 e. The van der Waals surface area contributed by atoms with E-state index in [1.54, 1.807) is 18.2 Å². The van der Waals surface area contributed by atoms with Gasteiger partial charge in [-0.3, -0.25) is 9.36 Å². The van der Waals surface area contributed by atoms with Crippen molar-refractivity contribution < 1.29 is 4.79 Å². The topological polar surface area (TPSA) is 73.8 Å². The Balaban J connectivity index is 1.98. The fourth-order valence-electron chi connectivity index (χ4n) is 2.51. The minimum atomic E-state index is -0.554. The van der Waals surface area contributed by atoms with Gasteiger partial charge < -0.3 is 5.73 Å². The van der Waals surface area contributed by atoms with E-state index in [1.165, 1.54) is 11.8 Å². The molecule has 0 aliphatic carbocycles. The molecule has 0 spiro atoms. The molecule has 0 saturated carbocycles. The van der Waals surface area contributed by atoms with Crippen LogP contribution in [0.5, 0.6) is 0 Å². The fourth-order valence-corrected chi connectivity index (χ4v) is 3.63. The highest BCUT2D eigenvalue weighted by Gasteiger charge is 2.23. The van der Waals surface area contributed by atoms with Crippen molar-refractivity contribution in [2.24, 2.45) is 5.73 Å². The van der Waals surface area contributed by atoms with Gasteiger partial charge in [-0.15, -0.1) is 16.8 Å². The van der Waals surface area contributed by atoms with Crippen molar-refractivity contribution in [1.29, 1.82) is 0 Å². The molecular formula is C19H17ClN4OS. The van der Waals surface area contributed by atoms with Gasteiger partial charge in [-0.1, -0.05) is 59.8 Å². The Bertz CT molecular complexity index is 909. The van der Waals surface area contributed by atoms with Gasteiger partial charge in [-0.2, -0.15) is 0 Å². The third-order valence-corrected chi connectivity index (χ3v) is 5.22. The number of amides is 1. The molecule has 0 aliphatic heterocycles. The second-order valence-corrected chi connectivity index (χ2v) is 7.03. The van der Waals surface area contributed by atoms with Crippen LogP contribution < -0.4 is 5.73 Å². The predicted octanol–water partition coefficient (Wildman–Crippen LogP) is 4.10. The zero-order valence-electron chi connectivity index (χ0n) is 13.9. The second-order valence-electron chi connectivity index (χ2n) is 5.52. The molecule has 0 radical (unpaired) electrons. The van der Waals surface area contributed by atoms with Crippen LogP contribution in [0.4, 0.5) is 0 Å². The van der Waals surface area contributed by atoms with E-state index in [0.29, 0.717) is 22.5 Å². The molecule has 1 atom stereocenters. The van der Waals surface area contributed by atoms with E-state index >= 15 is 0 Å². The molecule has 0 saturated heterocycles. The van der Waals surface area contributed by atoms with Crippen LogP contribution in [0, 0.1) is 0 Å². The summed E-state index contributed by atoms with van der Waals surface area (Å²) in [5, 5.41) is 9.25. The maximum absolute atomic E-state index is 12.0. The van der Waals surface area contributed by atoms with E-state index in [4.69, 9.17) is 17.3 Å². The summed E-state index contributed by atoms with van der Waals surface area (Å²) < 4.78 is 1.90. The lowest BCUT2D eigenvalue weighted by atomic mass is 10.1. The van der Waals surface area contributed by atoms with E-state index < -0.39 is 11.2 Å². The van der Waals surface area contributed by atoms with Gasteiger partial charge in [0.25, 0.3) is 0 Å². The highest BCUT2D eigenvalue weighted by molar-refractivity contribution is 8.00. The molecule has 1 unspecified atom stereocenters. The molecule has 7 heteroatoms. The van der Waals surface area contributed by atoms with Gasteiger partial charge >= 0.3 is 0 Å². The van der Waals surface area contributed by atoms with Gasteiger partial charge in [0.15, 0.2) is 11.0 Å². The van der Waals surface area contributed by atoms with E-state index in [0.717, 1.165) is 11.1 Å². The zero-order chi connectivity index (χ0) is 18.5. The molecule has 26 heavy (non-hydrogen) atoms. The second kappa shape index (κ2) is 8.21. The van der Waals surface area contributed by atoms with Crippen LogP contribution in [-0.2, 0) is 11.3 Å². The number of hydrogen-bond donors (Lipinski definition) is 1. The van der Waals surface area contributed by atoms with Gasteiger partial charge in [-0.25, -0.2) is 0 Å². The molecule has 3 rings (SSSR count). The van der Waals surface area contributed by atoms with Gasteiger partial charge in [0.2, 0.25) is 5.91 Å². The van der Waals surface area contributed by atoms with Crippen LogP contribution in [0.3, 0.4) is 0 Å². The molecule has 0 bridgehead atoms. The van der Waals surface area contributed by atoms with E-state index in [-0.39, 0.29) is 0 Å². The normalized spacial score (nSPS) is 11.9. The number of nitrogens with zero attached hydrogens (tertiary/aromatic N) is 3. The minimum absolute atomic E-state index is 0.428. The van der Waals surface area contributed by atoms with Gasteiger partial charge in [0, 0.05) is 17.1 Å². The van der Waals surface area contributed by atoms with Crippen LogP contribution in [0.2, 0.25) is 5.02 Å². The molecule has 2 aromatic carbocycles. The highest BCUT2D eigenvalue weighted by atomic mass is 35.5. The number of rotatable bonds is 7. The first-order valence-electron chi connectivity index (χ1n) is 7.91. The number of allylic oxidation sites excluding steroid dienone is 1. The lowest BCUT2D eigenvalue weighted by molar-refractivity contribution is -0.117. The Kier molecular flexibility index (Phi) is 5.75. The van der Waals surface area contributed by atoms with Crippen molar-refractivity contribution in [2.75, 3.05) is 0 Å². The Labute approximate surface area is 160 Å². The maximum atomic E-state index is 12.0. The summed E-state index contributed by atoms with van der Waals surface area (Å²) in [5.74, 6) is 0.253. The Morgan fingerprint density at radius 1 is 1.19 bits per heavy atom. The van der Waals surface area contributed by atoms with E-state index in [9.17, 15) is 4.79 Å². The van der Waals surface area contributed by atoms with E-state index in [1.807, 2.05) is 47.0 Å². The molecule has 2 N–H and O–H groups in total. The molecule has 5 nitrogen and oxygen atoms in total. The summed E-state index contributed by atoms with van der Waals surface area (Å²) in [6.45, 7) is 4.31. The standard InChI is InChI=1S/C19H17ClN4OS/c1-2-12-24-18(14-8-10-15(20)11-9-14)22-23-19(24)26-16(17(21)25)13-6-4-3-5-7-13/h2-11,16H,1,12H2,(H2,21,25). The first-order valence-corrected chi connectivity index (χ1v) is 9.17. The average molecular weight is 385 g/mol. The van der Waals surface area contributed by atoms with Crippen LogP contribution in [-0.4, -0.2) is 20.7 Å². The lowest BCUT2D eigenvalue weighted by Crippen LogP contribution is -2.19. The van der Waals surface area contributed by atoms with Gasteiger partial charge in [0.1, 0.15) is 5.25 Å². The summed E-state index contributed by atoms with van der Waals surface area (Å²) in [6.07, 6.45) is 1.76. The highest BCUT2D eigenvalue weighted by Crippen LogP contribution is 2.35. The van der Waals surface area contributed by atoms with Crippen molar-refractivity contribution in [3.8, 4) is 11.4 Å². The van der Waals surface area contributed by atoms with Crippen molar-refractivity contribution >= 4 is 29.3 Å². The summed E-state index contributed by atoms with van der Waals surface area (Å²) in [7, 11) is 0. The first kappa shape index (κ1) is 18.2. The third kappa shape index (κ3) is 3.98. The smallest absolute Gasteiger partial charge is 0.235 e. The molecule has 0 aliphatic rings. The molecule has 1 heterocycles. The SMILES string of the molecule is C=CCn1c(SC(C(N)=O)c2ccccc2)nnc1-c1ccc(Cl)cc1. The molecular weight excluding hydrogens is 368 g/mol. The number of aromatic nitrogens is 3. The Hall–Kier alpha value is -2.57. The largest absolute Gasteiger partial charge is 0.368 e. The number of thioether (sulfide) groups is 1. The summed E-state index contributed by atoms with van der Waals surface area (Å²) >= 11 is 7.24. The average Bonchev–Trinajstić information content (AvgIpc) is 3.04. The Morgan fingerprint density at radius 3 is 2.50 bits per heavy atom. The summed E-state index contributed by atoms with van der Waals surface area (Å²) in [5.41, 5.74) is 7.33. The predicted molar refractivity (Wildman–Crippen MR) is 105 cm³/mol. The minimum Gasteiger partial charge on any atom is -0.368 e. The quantitative estimate of drug-likeness (QED) is 0.491. The fraction of sp³-hybridized carbons (Fsp3) is 0.105. The number of benzene rings is 2. The lowest BCUT2D eigenvalue weighted by Gasteiger charge is -2.14. The number of hydrogen-bond acceptors (Lipinski definition) is 4. The van der Waals surface area contributed by atoms with Gasteiger partial charge in [-0.05, 0) is 29.8 Å². The summed E-state index contributed by atoms with van der Waals surface area (Å²) in [6, 6.07) is 16.7. The summed E-state index contributed by atoms with van der Waals surface area (Å²) in [4.78, 5) is 12.0. The van der Waals surface area contributed by atoms with Gasteiger partial charge in [0.05, 0.1) is 0 Å². The van der Waals surface area contributed by atoms with Crippen LogP contribution >= 0.6 is 23.4 Å². The zero-order valence-corrected chi connectivity index (χ0v) is 15.5. The van der Waals surface area contributed by atoms with E-state index in [2.05, 4.69) is 16.8 Å². The van der Waals surface area contributed by atoms with Crippen LogP contribution in [0.25, 0.3) is 11.4 Å². The molecule has 1 aromatic heterocycles. The third-order valence-electron chi connectivity index (χ3n) is 3.71. The number of halogens is 1. The monoisotopic (exact) mass is 384 g/mol. The van der Waals surface area contributed by atoms with Crippen molar-refractivity contribution in [3.63, 3.8) is 0 Å². The molecule has 3 aromatic rings. The molecule has 132 valence electrons. The number of carbonyl (C=O) groups excluding carboxylic acids is 1. The van der Waals surface area contributed by atoms with Crippen molar-refractivity contribution in [2.45, 2.75) is 17.0 Å². The molecule has 1 amide bonds. The van der Waals surface area contributed by atoms with Crippen molar-refractivity contribution in [3.05, 3.63) is 77.8 Å².